The monoisotopic (exact) mass is 556 g/mol. The maximum Gasteiger partial charge on any atom is 0.408 e. The zero-order valence-corrected chi connectivity index (χ0v) is 22.4. The molecule has 0 bridgehead atoms. The van der Waals surface area contributed by atoms with E-state index in [1.165, 1.54) is 43.1 Å². The molecule has 0 aliphatic carbocycles. The van der Waals surface area contributed by atoms with Gasteiger partial charge < -0.3 is 25.2 Å². The molecule has 1 saturated heterocycles. The SMILES string of the molecule is COC1=C(C(=O)O)N2C(=O)[C@@H](NC(=O)C(NC(=O)OC(C)(C)C)c3cccc(NS(C)(=O)=O)c3)[C@H]2SC1. The van der Waals surface area contributed by atoms with E-state index in [0.717, 1.165) is 11.2 Å². The number of hydrogen-bond acceptors (Lipinski definition) is 9. The van der Waals surface area contributed by atoms with Crippen molar-refractivity contribution in [1.82, 2.24) is 15.5 Å². The average Bonchev–Trinajstić information content (AvgIpc) is 2.77. The molecule has 0 radical (unpaired) electrons. The average molecular weight is 557 g/mol. The van der Waals surface area contributed by atoms with Gasteiger partial charge in [0, 0.05) is 5.69 Å². The van der Waals surface area contributed by atoms with Crippen molar-refractivity contribution in [3.05, 3.63) is 41.3 Å². The van der Waals surface area contributed by atoms with Gasteiger partial charge in [-0.2, -0.15) is 0 Å². The third-order valence-electron chi connectivity index (χ3n) is 5.13. The van der Waals surface area contributed by atoms with E-state index in [-0.39, 0.29) is 28.5 Å². The molecule has 0 aromatic heterocycles. The van der Waals surface area contributed by atoms with Crippen molar-refractivity contribution in [3.63, 3.8) is 0 Å². The summed E-state index contributed by atoms with van der Waals surface area (Å²) in [5.41, 5.74) is -0.789. The first-order valence-electron chi connectivity index (χ1n) is 10.9. The summed E-state index contributed by atoms with van der Waals surface area (Å²) in [6, 6.07) is 3.38. The van der Waals surface area contributed by atoms with Crippen molar-refractivity contribution >= 4 is 51.3 Å². The van der Waals surface area contributed by atoms with Crippen molar-refractivity contribution in [2.45, 2.75) is 43.8 Å². The molecule has 0 saturated carbocycles. The summed E-state index contributed by atoms with van der Waals surface area (Å²) < 4.78 is 36.0. The summed E-state index contributed by atoms with van der Waals surface area (Å²) in [7, 11) is -2.31. The number of alkyl carbamates (subject to hydrolysis) is 1. The Morgan fingerprint density at radius 2 is 1.92 bits per heavy atom. The molecule has 1 aromatic rings. The third-order valence-corrected chi connectivity index (χ3v) is 6.99. The Kier molecular flexibility index (Phi) is 7.97. The number of carbonyl (C=O) groups excluding carboxylic acids is 3. The van der Waals surface area contributed by atoms with Gasteiger partial charge in [-0.1, -0.05) is 12.1 Å². The van der Waals surface area contributed by atoms with Crippen molar-refractivity contribution in [2.75, 3.05) is 23.8 Å². The number of nitrogens with one attached hydrogen (secondary N) is 3. The van der Waals surface area contributed by atoms with Gasteiger partial charge in [-0.05, 0) is 38.5 Å². The number of carbonyl (C=O) groups is 4. The number of benzene rings is 1. The predicted octanol–water partition coefficient (Wildman–Crippen LogP) is 0.966. The molecule has 3 amide bonds. The van der Waals surface area contributed by atoms with E-state index in [4.69, 9.17) is 9.47 Å². The number of thioether (sulfide) groups is 1. The van der Waals surface area contributed by atoms with Crippen LogP contribution in [0.1, 0.15) is 32.4 Å². The number of rotatable bonds is 8. The fraction of sp³-hybridized carbons (Fsp3) is 0.455. The van der Waals surface area contributed by atoms with Crippen molar-refractivity contribution < 1.29 is 42.2 Å². The number of hydrogen-bond donors (Lipinski definition) is 4. The normalized spacial score (nSPS) is 20.2. The number of carboxylic acids is 1. The lowest BCUT2D eigenvalue weighted by atomic mass is 10.0. The first-order chi connectivity index (χ1) is 17.1. The van der Waals surface area contributed by atoms with Crippen LogP contribution in [-0.4, -0.2) is 78.4 Å². The van der Waals surface area contributed by atoms with E-state index in [9.17, 15) is 32.7 Å². The van der Waals surface area contributed by atoms with Crippen LogP contribution >= 0.6 is 11.8 Å². The molecule has 3 rings (SSSR count). The van der Waals surface area contributed by atoms with Gasteiger partial charge in [-0.15, -0.1) is 11.8 Å². The van der Waals surface area contributed by atoms with Crippen LogP contribution in [0.15, 0.2) is 35.7 Å². The Bertz CT molecular complexity index is 1260. The lowest BCUT2D eigenvalue weighted by Gasteiger charge is -2.49. The minimum absolute atomic E-state index is 0.131. The second-order valence-electron chi connectivity index (χ2n) is 9.26. The number of anilines is 1. The van der Waals surface area contributed by atoms with E-state index in [2.05, 4.69) is 15.4 Å². The Balaban J connectivity index is 1.86. The van der Waals surface area contributed by atoms with E-state index >= 15 is 0 Å². The number of β-lactam (4-membered cyclic amide) rings is 1. The predicted molar refractivity (Wildman–Crippen MR) is 134 cm³/mol. The first-order valence-corrected chi connectivity index (χ1v) is 13.9. The molecule has 2 aliphatic heterocycles. The molecule has 1 fully saturated rings. The molecule has 1 aromatic carbocycles. The van der Waals surface area contributed by atoms with Gasteiger partial charge in [0.1, 0.15) is 28.8 Å². The van der Waals surface area contributed by atoms with E-state index < -0.39 is 57.0 Å². The summed E-state index contributed by atoms with van der Waals surface area (Å²) in [5, 5.41) is 13.9. The van der Waals surface area contributed by atoms with Gasteiger partial charge in [-0.25, -0.2) is 18.0 Å². The standard InChI is InChI=1S/C22H28N4O9S2/c1-22(2,3)35-21(31)24-14(11-7-6-8-12(9-11)25-37(5,32)33)17(27)23-15-18(28)26-16(20(29)30)13(34-4)10-36-19(15)26/h6-9,14-15,19,25H,10H2,1-5H3,(H,23,27)(H,24,31)(H,29,30)/t14?,15-,19-/m1/s1. The molecular weight excluding hydrogens is 528 g/mol. The molecular formula is C22H28N4O9S2. The zero-order chi connectivity index (χ0) is 27.7. The summed E-state index contributed by atoms with van der Waals surface area (Å²) >= 11 is 1.21. The number of fused-ring (bicyclic) bond motifs is 1. The number of amides is 3. The zero-order valence-electron chi connectivity index (χ0n) is 20.7. The van der Waals surface area contributed by atoms with Crippen molar-refractivity contribution in [1.29, 1.82) is 0 Å². The number of nitrogens with zero attached hydrogens (tertiary/aromatic N) is 1. The quantitative estimate of drug-likeness (QED) is 0.337. The minimum atomic E-state index is -3.62. The minimum Gasteiger partial charge on any atom is -0.498 e. The molecule has 1 unspecified atom stereocenters. The van der Waals surface area contributed by atoms with Crippen LogP contribution in [0.2, 0.25) is 0 Å². The lowest BCUT2D eigenvalue weighted by molar-refractivity contribution is -0.151. The van der Waals surface area contributed by atoms with Gasteiger partial charge in [-0.3, -0.25) is 19.2 Å². The fourth-order valence-corrected chi connectivity index (χ4v) is 5.57. The number of methoxy groups -OCH3 is 1. The molecule has 2 aliphatic rings. The fourth-order valence-electron chi connectivity index (χ4n) is 3.71. The molecule has 3 atom stereocenters. The number of sulfonamides is 1. The van der Waals surface area contributed by atoms with Crippen LogP contribution in [0.25, 0.3) is 0 Å². The van der Waals surface area contributed by atoms with E-state index in [1.807, 2.05) is 0 Å². The Hall–Kier alpha value is -3.46. The number of aliphatic carboxylic acids is 1. The van der Waals surface area contributed by atoms with Gasteiger partial charge in [0.15, 0.2) is 5.70 Å². The van der Waals surface area contributed by atoms with Crippen molar-refractivity contribution in [2.24, 2.45) is 0 Å². The summed E-state index contributed by atoms with van der Waals surface area (Å²) in [5.74, 6) is -2.45. The smallest absolute Gasteiger partial charge is 0.408 e. The second kappa shape index (κ2) is 10.5. The van der Waals surface area contributed by atoms with Crippen LogP contribution in [0, 0.1) is 0 Å². The van der Waals surface area contributed by atoms with E-state index in [1.54, 1.807) is 20.8 Å². The highest BCUT2D eigenvalue weighted by molar-refractivity contribution is 8.00. The summed E-state index contributed by atoms with van der Waals surface area (Å²) in [6.07, 6.45) is 0.0523. The Morgan fingerprint density at radius 3 is 2.49 bits per heavy atom. The highest BCUT2D eigenvalue weighted by Gasteiger charge is 2.55. The van der Waals surface area contributed by atoms with Crippen LogP contribution < -0.4 is 15.4 Å². The summed E-state index contributed by atoms with van der Waals surface area (Å²) in [6.45, 7) is 4.92. The maximum atomic E-state index is 13.3. The molecule has 202 valence electrons. The first kappa shape index (κ1) is 28.1. The topological polar surface area (TPSA) is 180 Å². The van der Waals surface area contributed by atoms with E-state index in [0.29, 0.717) is 0 Å². The highest BCUT2D eigenvalue weighted by Crippen LogP contribution is 2.40. The Labute approximate surface area is 218 Å². The van der Waals surface area contributed by atoms with Gasteiger partial charge in [0.05, 0.1) is 19.1 Å². The van der Waals surface area contributed by atoms with Crippen LogP contribution in [0.5, 0.6) is 0 Å². The van der Waals surface area contributed by atoms with Crippen LogP contribution in [0.4, 0.5) is 10.5 Å². The maximum absolute atomic E-state index is 13.3. The summed E-state index contributed by atoms with van der Waals surface area (Å²) in [4.78, 5) is 51.5. The molecule has 0 spiro atoms. The molecule has 13 nitrogen and oxygen atoms in total. The molecule has 2 heterocycles. The number of ether oxygens (including phenoxy) is 2. The van der Waals surface area contributed by atoms with Gasteiger partial charge >= 0.3 is 12.1 Å². The number of carboxylic acid groups (broad SMARTS) is 1. The molecule has 37 heavy (non-hydrogen) atoms. The Morgan fingerprint density at radius 1 is 1.24 bits per heavy atom. The van der Waals surface area contributed by atoms with Gasteiger partial charge in [0.2, 0.25) is 15.9 Å². The lowest BCUT2D eigenvalue weighted by Crippen LogP contribution is -2.71. The molecule has 4 N–H and O–H groups in total. The van der Waals surface area contributed by atoms with Gasteiger partial charge in [0.25, 0.3) is 5.91 Å². The molecule has 15 heteroatoms. The van der Waals surface area contributed by atoms with Crippen LogP contribution in [0.3, 0.4) is 0 Å². The van der Waals surface area contributed by atoms with Crippen molar-refractivity contribution in [3.8, 4) is 0 Å². The van der Waals surface area contributed by atoms with Crippen LogP contribution in [-0.2, 0) is 33.9 Å². The highest BCUT2D eigenvalue weighted by atomic mass is 32.2. The largest absolute Gasteiger partial charge is 0.498 e. The third kappa shape index (κ3) is 6.65. The second-order valence-corrected chi connectivity index (χ2v) is 12.1.